The Morgan fingerprint density at radius 1 is 1.32 bits per heavy atom. The molecule has 0 bridgehead atoms. The highest BCUT2D eigenvalue weighted by molar-refractivity contribution is 6.23. The average Bonchev–Trinajstić information content (AvgIpc) is 2.65. The lowest BCUT2D eigenvalue weighted by Crippen LogP contribution is -2.16. The smallest absolute Gasteiger partial charge is 0.404 e. The van der Waals surface area contributed by atoms with Crippen molar-refractivity contribution < 1.29 is 23.9 Å². The minimum absolute atomic E-state index is 0.178. The number of carbonyl (C=O) groups is 3. The summed E-state index contributed by atoms with van der Waals surface area (Å²) >= 11 is 0. The molecule has 100 valence electrons. The molecule has 19 heavy (non-hydrogen) atoms. The van der Waals surface area contributed by atoms with Crippen molar-refractivity contribution in [2.75, 3.05) is 7.11 Å². The van der Waals surface area contributed by atoms with Crippen molar-refractivity contribution in [2.45, 2.75) is 6.61 Å². The van der Waals surface area contributed by atoms with E-state index in [2.05, 4.69) is 0 Å². The highest BCUT2D eigenvalue weighted by Gasteiger charge is 2.31. The summed E-state index contributed by atoms with van der Waals surface area (Å²) in [5.41, 5.74) is 5.70. The lowest BCUT2D eigenvalue weighted by Gasteiger charge is -2.07. The third-order valence-corrected chi connectivity index (χ3v) is 2.89. The number of primary amides is 1. The van der Waals surface area contributed by atoms with Crippen LogP contribution in [0.3, 0.4) is 0 Å². The van der Waals surface area contributed by atoms with E-state index in [4.69, 9.17) is 15.2 Å². The van der Waals surface area contributed by atoms with Crippen LogP contribution >= 0.6 is 0 Å². The van der Waals surface area contributed by atoms with E-state index in [1.165, 1.54) is 23.8 Å². The number of ketones is 2. The Morgan fingerprint density at radius 2 is 1.95 bits per heavy atom. The number of fused-ring (bicyclic) bond motifs is 1. The first-order valence-corrected chi connectivity index (χ1v) is 5.41. The standard InChI is InChI=1S/C12H12N2O5/c1-14-6(5-19-12(13)17)11(18-2)9-7(15)3-4-8(16)10(9)14/h3-4H,5H2,1-2H3,(H2,13,17). The molecular formula is C12H12N2O5. The van der Waals surface area contributed by atoms with Crippen LogP contribution in [0.1, 0.15) is 26.5 Å². The molecular weight excluding hydrogens is 252 g/mol. The molecule has 1 aromatic heterocycles. The average molecular weight is 264 g/mol. The molecule has 7 heteroatoms. The highest BCUT2D eigenvalue weighted by atomic mass is 16.5. The summed E-state index contributed by atoms with van der Waals surface area (Å²) in [5.74, 6) is -0.408. The Bertz CT molecular complexity index is 612. The van der Waals surface area contributed by atoms with Gasteiger partial charge in [-0.2, -0.15) is 0 Å². The van der Waals surface area contributed by atoms with E-state index in [0.717, 1.165) is 0 Å². The second kappa shape index (κ2) is 4.60. The van der Waals surface area contributed by atoms with Crippen LogP contribution in [0.4, 0.5) is 4.79 Å². The summed E-state index contributed by atoms with van der Waals surface area (Å²) in [4.78, 5) is 34.3. The lowest BCUT2D eigenvalue weighted by molar-refractivity contribution is 0.0987. The maximum absolute atomic E-state index is 11.8. The van der Waals surface area contributed by atoms with Gasteiger partial charge in [0.25, 0.3) is 0 Å². The van der Waals surface area contributed by atoms with Crippen molar-refractivity contribution >= 4 is 17.7 Å². The van der Waals surface area contributed by atoms with Gasteiger partial charge < -0.3 is 19.8 Å². The zero-order valence-electron chi connectivity index (χ0n) is 10.4. The third-order valence-electron chi connectivity index (χ3n) is 2.89. The van der Waals surface area contributed by atoms with E-state index in [9.17, 15) is 14.4 Å². The van der Waals surface area contributed by atoms with Gasteiger partial charge in [0.1, 0.15) is 12.3 Å². The van der Waals surface area contributed by atoms with Crippen LogP contribution in [-0.2, 0) is 18.4 Å². The van der Waals surface area contributed by atoms with Gasteiger partial charge in [0.2, 0.25) is 5.78 Å². The highest BCUT2D eigenvalue weighted by Crippen LogP contribution is 2.33. The van der Waals surface area contributed by atoms with Gasteiger partial charge in [0.15, 0.2) is 11.5 Å². The minimum atomic E-state index is -0.947. The molecule has 0 aromatic carbocycles. The van der Waals surface area contributed by atoms with Crippen molar-refractivity contribution in [1.29, 1.82) is 0 Å². The lowest BCUT2D eigenvalue weighted by atomic mass is 10.0. The van der Waals surface area contributed by atoms with Crippen LogP contribution in [0.25, 0.3) is 0 Å². The summed E-state index contributed by atoms with van der Waals surface area (Å²) in [6.45, 7) is -0.178. The first-order chi connectivity index (χ1) is 8.97. The minimum Gasteiger partial charge on any atom is -0.494 e. The largest absolute Gasteiger partial charge is 0.494 e. The number of rotatable bonds is 3. The number of aromatic nitrogens is 1. The predicted octanol–water partition coefficient (Wildman–Crippen LogP) is 0.564. The quantitative estimate of drug-likeness (QED) is 0.859. The summed E-state index contributed by atoms with van der Waals surface area (Å²) < 4.78 is 11.3. The van der Waals surface area contributed by atoms with Gasteiger partial charge >= 0.3 is 6.09 Å². The second-order valence-corrected chi connectivity index (χ2v) is 3.93. The van der Waals surface area contributed by atoms with Crippen LogP contribution in [0, 0.1) is 0 Å². The maximum Gasteiger partial charge on any atom is 0.404 e. The number of allylic oxidation sites excluding steroid dienone is 2. The summed E-state index contributed by atoms with van der Waals surface area (Å²) in [7, 11) is 2.96. The molecule has 0 atom stereocenters. The first-order valence-electron chi connectivity index (χ1n) is 5.41. The van der Waals surface area contributed by atoms with Crippen molar-refractivity contribution in [2.24, 2.45) is 12.8 Å². The molecule has 0 aliphatic heterocycles. The van der Waals surface area contributed by atoms with Crippen molar-refractivity contribution in [1.82, 2.24) is 4.57 Å². The van der Waals surface area contributed by atoms with E-state index >= 15 is 0 Å². The molecule has 0 saturated carbocycles. The Balaban J connectivity index is 2.57. The number of methoxy groups -OCH3 is 1. The van der Waals surface area contributed by atoms with E-state index in [1.54, 1.807) is 7.05 Å². The Labute approximate surface area is 108 Å². The monoisotopic (exact) mass is 264 g/mol. The topological polar surface area (TPSA) is 101 Å². The van der Waals surface area contributed by atoms with Crippen molar-refractivity contribution in [3.63, 3.8) is 0 Å². The molecule has 1 aliphatic rings. The molecule has 0 spiro atoms. The fourth-order valence-corrected chi connectivity index (χ4v) is 2.06. The van der Waals surface area contributed by atoms with E-state index in [1.807, 2.05) is 0 Å². The number of amides is 1. The van der Waals surface area contributed by atoms with Gasteiger partial charge in [-0.15, -0.1) is 0 Å². The Morgan fingerprint density at radius 3 is 2.53 bits per heavy atom. The van der Waals surface area contributed by atoms with Gasteiger partial charge in [-0.1, -0.05) is 0 Å². The van der Waals surface area contributed by atoms with Crippen LogP contribution in [-0.4, -0.2) is 29.3 Å². The molecule has 7 nitrogen and oxygen atoms in total. The summed E-state index contributed by atoms with van der Waals surface area (Å²) in [6, 6.07) is 0. The second-order valence-electron chi connectivity index (χ2n) is 3.93. The molecule has 1 aromatic rings. The third kappa shape index (κ3) is 1.99. The Hall–Kier alpha value is -2.57. The molecule has 0 unspecified atom stereocenters. The first kappa shape index (κ1) is 12.9. The fourth-order valence-electron chi connectivity index (χ4n) is 2.06. The number of nitrogens with zero attached hydrogens (tertiary/aromatic N) is 1. The summed E-state index contributed by atoms with van der Waals surface area (Å²) in [5, 5.41) is 0. The summed E-state index contributed by atoms with van der Waals surface area (Å²) in [6.07, 6.45) is 1.44. The molecule has 2 N–H and O–H groups in total. The Kier molecular flexibility index (Phi) is 3.12. The molecule has 0 fully saturated rings. The predicted molar refractivity (Wildman–Crippen MR) is 64.1 cm³/mol. The van der Waals surface area contributed by atoms with Gasteiger partial charge in [-0.25, -0.2) is 4.79 Å². The molecule has 0 saturated heterocycles. The van der Waals surface area contributed by atoms with Crippen molar-refractivity contribution in [3.8, 4) is 5.75 Å². The molecule has 1 heterocycles. The number of hydrogen-bond donors (Lipinski definition) is 1. The van der Waals surface area contributed by atoms with Crippen LogP contribution in [0.15, 0.2) is 12.2 Å². The van der Waals surface area contributed by atoms with Crippen LogP contribution in [0.5, 0.6) is 5.75 Å². The van der Waals surface area contributed by atoms with E-state index in [-0.39, 0.29) is 35.2 Å². The number of ether oxygens (including phenoxy) is 2. The molecule has 0 radical (unpaired) electrons. The maximum atomic E-state index is 11.8. The van der Waals surface area contributed by atoms with Crippen LogP contribution < -0.4 is 10.5 Å². The number of hydrogen-bond acceptors (Lipinski definition) is 5. The van der Waals surface area contributed by atoms with E-state index in [0.29, 0.717) is 5.69 Å². The molecule has 1 aliphatic carbocycles. The molecule has 1 amide bonds. The van der Waals surface area contributed by atoms with Crippen molar-refractivity contribution in [3.05, 3.63) is 29.1 Å². The van der Waals surface area contributed by atoms with Gasteiger partial charge in [0, 0.05) is 7.05 Å². The number of nitrogens with two attached hydrogens (primary N) is 1. The SMILES string of the molecule is COc1c2c(n(C)c1COC(N)=O)C(=O)C=CC2=O. The van der Waals surface area contributed by atoms with Gasteiger partial charge in [-0.05, 0) is 12.2 Å². The zero-order chi connectivity index (χ0) is 14.2. The van der Waals surface area contributed by atoms with E-state index < -0.39 is 6.09 Å². The zero-order valence-corrected chi connectivity index (χ0v) is 10.4. The van der Waals surface area contributed by atoms with Gasteiger partial charge in [-0.3, -0.25) is 9.59 Å². The van der Waals surface area contributed by atoms with Gasteiger partial charge in [0.05, 0.1) is 18.4 Å². The normalized spacial score (nSPS) is 13.4. The fraction of sp³-hybridized carbons (Fsp3) is 0.250. The number of carbonyl (C=O) groups excluding carboxylic acids is 3. The molecule has 2 rings (SSSR count). The van der Waals surface area contributed by atoms with Crippen LogP contribution in [0.2, 0.25) is 0 Å².